The van der Waals surface area contributed by atoms with Gasteiger partial charge in [0.15, 0.2) is 5.96 Å². The molecule has 4 rings (SSSR count). The van der Waals surface area contributed by atoms with Gasteiger partial charge in [0.25, 0.3) is 0 Å². The van der Waals surface area contributed by atoms with E-state index >= 15 is 0 Å². The molecular weight excluding hydrogens is 473 g/mol. The number of nitrogens with zero attached hydrogens (tertiary/aromatic N) is 3. The average Bonchev–Trinajstić information content (AvgIpc) is 3.46. The smallest absolute Gasteiger partial charge is 0.191 e. The van der Waals surface area contributed by atoms with Crippen molar-refractivity contribution < 1.29 is 0 Å². The van der Waals surface area contributed by atoms with Crippen LogP contribution in [0.15, 0.2) is 53.7 Å². The Morgan fingerprint density at radius 2 is 1.86 bits per heavy atom. The minimum absolute atomic E-state index is 0. The standard InChI is InChI=1S/C23H31N5.HI/c1-17-8-9-22(25-16-17)28-12-10-20(11-13-28)26-23(24-2)27-21-15-19(21)14-18-6-4-3-5-7-18;/h3-9,16,19-21H,10-15H2,1-2H3,(H2,24,26,27);1H. The Bertz CT molecular complexity index is 785. The molecule has 0 bridgehead atoms. The molecule has 6 heteroatoms. The number of guanidine groups is 1. The van der Waals surface area contributed by atoms with Crippen LogP contribution in [-0.2, 0) is 6.42 Å². The summed E-state index contributed by atoms with van der Waals surface area (Å²) in [5.41, 5.74) is 2.64. The van der Waals surface area contributed by atoms with E-state index in [1.54, 1.807) is 0 Å². The maximum Gasteiger partial charge on any atom is 0.191 e. The third-order valence-electron chi connectivity index (χ3n) is 5.86. The fourth-order valence-electron chi connectivity index (χ4n) is 4.01. The average molecular weight is 505 g/mol. The summed E-state index contributed by atoms with van der Waals surface area (Å²) in [5.74, 6) is 2.76. The van der Waals surface area contributed by atoms with Crippen LogP contribution in [0.25, 0.3) is 0 Å². The minimum atomic E-state index is 0. The molecule has 2 aliphatic rings. The zero-order valence-corrected chi connectivity index (χ0v) is 19.7. The monoisotopic (exact) mass is 505 g/mol. The van der Waals surface area contributed by atoms with Crippen molar-refractivity contribution in [3.05, 3.63) is 59.8 Å². The van der Waals surface area contributed by atoms with Crippen LogP contribution < -0.4 is 15.5 Å². The van der Waals surface area contributed by atoms with Crippen molar-refractivity contribution in [3.8, 4) is 0 Å². The predicted octanol–water partition coefficient (Wildman–Crippen LogP) is 3.77. The summed E-state index contributed by atoms with van der Waals surface area (Å²) >= 11 is 0. The Morgan fingerprint density at radius 1 is 1.10 bits per heavy atom. The second-order valence-electron chi connectivity index (χ2n) is 8.11. The van der Waals surface area contributed by atoms with Gasteiger partial charge in [0.1, 0.15) is 5.82 Å². The zero-order chi connectivity index (χ0) is 19.3. The van der Waals surface area contributed by atoms with E-state index in [1.807, 2.05) is 13.2 Å². The Morgan fingerprint density at radius 3 is 2.52 bits per heavy atom. The van der Waals surface area contributed by atoms with E-state index < -0.39 is 0 Å². The molecule has 0 spiro atoms. The van der Waals surface area contributed by atoms with Crippen LogP contribution in [0.3, 0.4) is 0 Å². The summed E-state index contributed by atoms with van der Waals surface area (Å²) < 4.78 is 0. The van der Waals surface area contributed by atoms with Gasteiger partial charge in [-0.2, -0.15) is 0 Å². The number of benzene rings is 1. The van der Waals surface area contributed by atoms with Crippen LogP contribution in [0, 0.1) is 12.8 Å². The Labute approximate surface area is 191 Å². The Hall–Kier alpha value is -1.83. The topological polar surface area (TPSA) is 52.6 Å². The number of aromatic nitrogens is 1. The lowest BCUT2D eigenvalue weighted by molar-refractivity contribution is 0.459. The first-order valence-corrected chi connectivity index (χ1v) is 10.4. The van der Waals surface area contributed by atoms with E-state index in [0.29, 0.717) is 12.1 Å². The number of aryl methyl sites for hydroxylation is 1. The number of nitrogens with one attached hydrogen (secondary N) is 2. The van der Waals surface area contributed by atoms with Gasteiger partial charge in [0, 0.05) is 38.4 Å². The number of aliphatic imine (C=N–C) groups is 1. The predicted molar refractivity (Wildman–Crippen MR) is 131 cm³/mol. The van der Waals surface area contributed by atoms with Crippen LogP contribution in [0.1, 0.15) is 30.4 Å². The quantitative estimate of drug-likeness (QED) is 0.369. The number of hydrogen-bond donors (Lipinski definition) is 2. The second-order valence-corrected chi connectivity index (χ2v) is 8.11. The molecule has 2 heterocycles. The first-order chi connectivity index (χ1) is 13.7. The van der Waals surface area contributed by atoms with Crippen LogP contribution in [-0.4, -0.2) is 43.2 Å². The molecule has 2 fully saturated rings. The lowest BCUT2D eigenvalue weighted by atomic mass is 10.1. The molecular formula is C23H32IN5. The number of halogens is 1. The third kappa shape index (κ3) is 6.07. The van der Waals surface area contributed by atoms with Crippen molar-refractivity contribution in [2.75, 3.05) is 25.0 Å². The molecule has 1 aliphatic heterocycles. The number of anilines is 1. The molecule has 1 aromatic heterocycles. The summed E-state index contributed by atoms with van der Waals surface area (Å²) in [7, 11) is 1.87. The fraction of sp³-hybridized carbons (Fsp3) is 0.478. The summed E-state index contributed by atoms with van der Waals surface area (Å²) in [5, 5.41) is 7.25. The number of pyridine rings is 1. The maximum atomic E-state index is 4.56. The number of hydrogen-bond acceptors (Lipinski definition) is 3. The van der Waals surface area contributed by atoms with Gasteiger partial charge in [-0.25, -0.2) is 4.98 Å². The normalized spacial score (nSPS) is 22.0. The van der Waals surface area contributed by atoms with Gasteiger partial charge < -0.3 is 15.5 Å². The van der Waals surface area contributed by atoms with Gasteiger partial charge in [-0.1, -0.05) is 36.4 Å². The number of rotatable bonds is 5. The van der Waals surface area contributed by atoms with Gasteiger partial charge in [-0.15, -0.1) is 24.0 Å². The van der Waals surface area contributed by atoms with Crippen molar-refractivity contribution in [2.24, 2.45) is 10.9 Å². The zero-order valence-electron chi connectivity index (χ0n) is 17.3. The van der Waals surface area contributed by atoms with E-state index in [-0.39, 0.29) is 24.0 Å². The second kappa shape index (κ2) is 10.3. The third-order valence-corrected chi connectivity index (χ3v) is 5.86. The molecule has 2 aromatic rings. The molecule has 1 aliphatic carbocycles. The van der Waals surface area contributed by atoms with Crippen molar-refractivity contribution in [1.82, 2.24) is 15.6 Å². The van der Waals surface area contributed by atoms with Gasteiger partial charge in [-0.3, -0.25) is 4.99 Å². The maximum absolute atomic E-state index is 4.56. The van der Waals surface area contributed by atoms with E-state index in [9.17, 15) is 0 Å². The van der Waals surface area contributed by atoms with Gasteiger partial charge in [0.05, 0.1) is 0 Å². The molecule has 29 heavy (non-hydrogen) atoms. The summed E-state index contributed by atoms with van der Waals surface area (Å²) in [4.78, 5) is 11.4. The molecule has 0 amide bonds. The van der Waals surface area contributed by atoms with Crippen molar-refractivity contribution in [2.45, 2.75) is 44.7 Å². The van der Waals surface area contributed by atoms with Crippen molar-refractivity contribution in [3.63, 3.8) is 0 Å². The van der Waals surface area contributed by atoms with E-state index in [0.717, 1.165) is 50.0 Å². The lowest BCUT2D eigenvalue weighted by Gasteiger charge is -2.33. The lowest BCUT2D eigenvalue weighted by Crippen LogP contribution is -2.49. The van der Waals surface area contributed by atoms with E-state index in [1.165, 1.54) is 17.5 Å². The van der Waals surface area contributed by atoms with Crippen molar-refractivity contribution >= 4 is 35.8 Å². The van der Waals surface area contributed by atoms with E-state index in [2.05, 4.69) is 74.9 Å². The first-order valence-electron chi connectivity index (χ1n) is 10.4. The molecule has 5 nitrogen and oxygen atoms in total. The molecule has 2 N–H and O–H groups in total. The fourth-order valence-corrected chi connectivity index (χ4v) is 4.01. The van der Waals surface area contributed by atoms with Crippen LogP contribution >= 0.6 is 24.0 Å². The molecule has 1 aromatic carbocycles. The number of piperidine rings is 1. The van der Waals surface area contributed by atoms with Crippen LogP contribution in [0.2, 0.25) is 0 Å². The molecule has 0 radical (unpaired) electrons. The Balaban J connectivity index is 0.00000240. The summed E-state index contributed by atoms with van der Waals surface area (Å²) in [6.45, 7) is 4.14. The van der Waals surface area contributed by atoms with E-state index in [4.69, 9.17) is 0 Å². The molecule has 2 atom stereocenters. The molecule has 2 unspecified atom stereocenters. The van der Waals surface area contributed by atoms with Gasteiger partial charge >= 0.3 is 0 Å². The minimum Gasteiger partial charge on any atom is -0.356 e. The highest BCUT2D eigenvalue weighted by atomic mass is 127. The van der Waals surface area contributed by atoms with Crippen molar-refractivity contribution in [1.29, 1.82) is 0 Å². The largest absolute Gasteiger partial charge is 0.356 e. The van der Waals surface area contributed by atoms with Gasteiger partial charge in [-0.05, 0) is 55.7 Å². The van der Waals surface area contributed by atoms with Gasteiger partial charge in [0.2, 0.25) is 0 Å². The highest BCUT2D eigenvalue weighted by molar-refractivity contribution is 14.0. The molecule has 156 valence electrons. The SMILES string of the molecule is CN=C(NC1CCN(c2ccc(C)cn2)CC1)NC1CC1Cc1ccccc1.I. The summed E-state index contributed by atoms with van der Waals surface area (Å²) in [6.07, 6.45) is 6.54. The highest BCUT2D eigenvalue weighted by Crippen LogP contribution is 2.33. The first kappa shape index (κ1) is 21.9. The summed E-state index contributed by atoms with van der Waals surface area (Å²) in [6, 6.07) is 16.1. The van der Waals surface area contributed by atoms with Crippen LogP contribution in [0.4, 0.5) is 5.82 Å². The Kier molecular flexibility index (Phi) is 7.75. The molecule has 1 saturated carbocycles. The highest BCUT2D eigenvalue weighted by Gasteiger charge is 2.37. The molecule has 1 saturated heterocycles. The van der Waals surface area contributed by atoms with Crippen LogP contribution in [0.5, 0.6) is 0 Å².